The lowest BCUT2D eigenvalue weighted by molar-refractivity contribution is 0.242. The van der Waals surface area contributed by atoms with Gasteiger partial charge in [0.25, 0.3) is 0 Å². The van der Waals surface area contributed by atoms with Gasteiger partial charge in [-0.25, -0.2) is 4.98 Å². The second-order valence-corrected chi connectivity index (χ2v) is 11.5. The first-order valence-corrected chi connectivity index (χ1v) is 14.4. The van der Waals surface area contributed by atoms with E-state index in [9.17, 15) is 0 Å². The topological polar surface area (TPSA) is 37.4 Å². The summed E-state index contributed by atoms with van der Waals surface area (Å²) >= 11 is 3.61. The van der Waals surface area contributed by atoms with Gasteiger partial charge < -0.3 is 9.64 Å². The predicted molar refractivity (Wildman–Crippen MR) is 149 cm³/mol. The van der Waals surface area contributed by atoms with Gasteiger partial charge in [0, 0.05) is 30.1 Å². The summed E-state index contributed by atoms with van der Waals surface area (Å²) < 4.78 is 9.60. The quantitative estimate of drug-likeness (QED) is 0.203. The van der Waals surface area contributed by atoms with E-state index in [0.717, 1.165) is 40.5 Å². The number of rotatable bonds is 9. The number of aromatic nitrogens is 1. The zero-order chi connectivity index (χ0) is 24.2. The normalized spacial score (nSPS) is 17.6. The molecule has 6 heteroatoms. The number of terminal acetylenes is 1. The smallest absolute Gasteiger partial charge is 0.135 e. The van der Waals surface area contributed by atoms with Crippen LogP contribution in [0.25, 0.3) is 21.0 Å². The highest BCUT2D eigenvalue weighted by Crippen LogP contribution is 2.41. The average Bonchev–Trinajstić information content (AvgIpc) is 3.63. The standard InChI is InChI=1S/C29H33N3OS2/c1-4-21-18-22(10-13-27(21)33-20(2)3)29-30-19-28(35-29)25-9-7-8-24-23(25)11-12-26(24)31-34-17-16-32-14-5-6-15-32/h1,7-10,13,18-20,26,31H,5-6,11-12,14-17H2,2-3H3. The number of nitrogens with one attached hydrogen (secondary N) is 1. The molecule has 0 bridgehead atoms. The van der Waals surface area contributed by atoms with Gasteiger partial charge in [0.1, 0.15) is 10.8 Å². The Morgan fingerprint density at radius 2 is 2.11 bits per heavy atom. The molecule has 1 unspecified atom stereocenters. The third-order valence-corrected chi connectivity index (χ3v) is 8.64. The van der Waals surface area contributed by atoms with Gasteiger partial charge in [0.05, 0.1) is 16.5 Å². The predicted octanol–water partition coefficient (Wildman–Crippen LogP) is 6.57. The van der Waals surface area contributed by atoms with Gasteiger partial charge in [-0.2, -0.15) is 0 Å². The first kappa shape index (κ1) is 24.4. The van der Waals surface area contributed by atoms with E-state index in [4.69, 9.17) is 16.1 Å². The minimum atomic E-state index is 0.0846. The van der Waals surface area contributed by atoms with Crippen LogP contribution in [0.4, 0.5) is 0 Å². The Morgan fingerprint density at radius 3 is 2.91 bits per heavy atom. The van der Waals surface area contributed by atoms with Crippen LogP contribution in [-0.2, 0) is 6.42 Å². The SMILES string of the molecule is C#Cc1cc(-c2ncc(-c3cccc4c3CCC4NSCCN3CCCC3)s2)ccc1OC(C)C. The number of ether oxygens (including phenoxy) is 1. The monoisotopic (exact) mass is 503 g/mol. The molecule has 35 heavy (non-hydrogen) atoms. The molecule has 1 aliphatic heterocycles. The van der Waals surface area contributed by atoms with Crippen LogP contribution in [0.3, 0.4) is 0 Å². The summed E-state index contributed by atoms with van der Waals surface area (Å²) in [5.41, 5.74) is 6.02. The first-order chi connectivity index (χ1) is 17.1. The Balaban J connectivity index is 1.29. The Labute approximate surface area is 217 Å². The van der Waals surface area contributed by atoms with Crippen molar-refractivity contribution < 1.29 is 4.74 Å². The van der Waals surface area contributed by atoms with E-state index >= 15 is 0 Å². The summed E-state index contributed by atoms with van der Waals surface area (Å²) in [6.45, 7) is 7.74. The van der Waals surface area contributed by atoms with E-state index in [1.54, 1.807) is 11.3 Å². The highest BCUT2D eigenvalue weighted by Gasteiger charge is 2.25. The molecule has 4 nitrogen and oxygen atoms in total. The molecule has 0 radical (unpaired) electrons. The van der Waals surface area contributed by atoms with E-state index in [2.05, 4.69) is 39.8 Å². The van der Waals surface area contributed by atoms with Crippen molar-refractivity contribution in [3.63, 3.8) is 0 Å². The van der Waals surface area contributed by atoms with Crippen LogP contribution in [0.1, 0.15) is 55.8 Å². The molecular formula is C29H33N3OS2. The number of fused-ring (bicyclic) bond motifs is 1. The van der Waals surface area contributed by atoms with Crippen molar-refractivity contribution in [3.05, 3.63) is 59.3 Å². The van der Waals surface area contributed by atoms with Crippen molar-refractivity contribution in [3.8, 4) is 39.1 Å². The molecule has 1 aliphatic carbocycles. The second-order valence-electron chi connectivity index (χ2n) is 9.53. The fraction of sp³-hybridized carbons (Fsp3) is 0.414. The molecule has 1 fully saturated rings. The van der Waals surface area contributed by atoms with Crippen LogP contribution in [0.15, 0.2) is 42.6 Å². The fourth-order valence-electron chi connectivity index (χ4n) is 5.01. The Morgan fingerprint density at radius 1 is 1.26 bits per heavy atom. The summed E-state index contributed by atoms with van der Waals surface area (Å²) in [7, 11) is 0. The third-order valence-electron chi connectivity index (χ3n) is 6.72. The maximum absolute atomic E-state index is 5.85. The van der Waals surface area contributed by atoms with Crippen LogP contribution >= 0.6 is 23.3 Å². The van der Waals surface area contributed by atoms with Crippen molar-refractivity contribution in [2.45, 2.75) is 51.7 Å². The second kappa shape index (κ2) is 11.2. The first-order valence-electron chi connectivity index (χ1n) is 12.6. The van der Waals surface area contributed by atoms with Gasteiger partial charge in [-0.3, -0.25) is 4.72 Å². The molecule has 2 aromatic carbocycles. The van der Waals surface area contributed by atoms with Crippen molar-refractivity contribution in [2.24, 2.45) is 0 Å². The summed E-state index contributed by atoms with van der Waals surface area (Å²) in [6, 6.07) is 13.2. The van der Waals surface area contributed by atoms with Gasteiger partial charge in [0.15, 0.2) is 0 Å². The molecule has 182 valence electrons. The maximum atomic E-state index is 5.85. The summed E-state index contributed by atoms with van der Waals surface area (Å²) in [5.74, 6) is 4.66. The summed E-state index contributed by atoms with van der Waals surface area (Å²) in [6.07, 6.45) is 12.8. The lowest BCUT2D eigenvalue weighted by Crippen LogP contribution is -2.23. The van der Waals surface area contributed by atoms with E-state index in [-0.39, 0.29) is 6.10 Å². The number of hydrogen-bond donors (Lipinski definition) is 1. The van der Waals surface area contributed by atoms with E-state index in [0.29, 0.717) is 6.04 Å². The van der Waals surface area contributed by atoms with Gasteiger partial charge in [-0.05, 0) is 87.5 Å². The largest absolute Gasteiger partial charge is 0.490 e. The Kier molecular flexibility index (Phi) is 7.79. The molecule has 0 spiro atoms. The molecule has 2 aliphatic rings. The van der Waals surface area contributed by atoms with Crippen LogP contribution in [0, 0.1) is 12.3 Å². The van der Waals surface area contributed by atoms with Crippen LogP contribution in [-0.4, -0.2) is 41.4 Å². The van der Waals surface area contributed by atoms with Gasteiger partial charge in [-0.15, -0.1) is 17.8 Å². The number of thiazole rings is 1. The lowest BCUT2D eigenvalue weighted by atomic mass is 10.0. The summed E-state index contributed by atoms with van der Waals surface area (Å²) in [5, 5.41) is 0.982. The highest BCUT2D eigenvalue weighted by atomic mass is 32.2. The molecule has 1 atom stereocenters. The zero-order valence-electron chi connectivity index (χ0n) is 20.5. The molecule has 1 N–H and O–H groups in total. The molecule has 1 aromatic heterocycles. The van der Waals surface area contributed by atoms with Gasteiger partial charge >= 0.3 is 0 Å². The zero-order valence-corrected chi connectivity index (χ0v) is 22.2. The van der Waals surface area contributed by atoms with Crippen LogP contribution < -0.4 is 9.46 Å². The molecule has 0 amide bonds. The minimum Gasteiger partial charge on any atom is -0.490 e. The number of benzene rings is 2. The van der Waals surface area contributed by atoms with Crippen molar-refractivity contribution in [2.75, 3.05) is 25.4 Å². The number of nitrogens with zero attached hydrogens (tertiary/aromatic N) is 2. The lowest BCUT2D eigenvalue weighted by Gasteiger charge is -2.17. The molecule has 1 saturated heterocycles. The van der Waals surface area contributed by atoms with Gasteiger partial charge in [-0.1, -0.05) is 36.1 Å². The van der Waals surface area contributed by atoms with Crippen LogP contribution in [0.2, 0.25) is 0 Å². The molecular weight excluding hydrogens is 470 g/mol. The highest BCUT2D eigenvalue weighted by molar-refractivity contribution is 7.97. The molecule has 5 rings (SSSR count). The van der Waals surface area contributed by atoms with Gasteiger partial charge in [0.2, 0.25) is 0 Å². The molecule has 3 aromatic rings. The Hall–Kier alpha value is -2.30. The van der Waals surface area contributed by atoms with E-state index in [1.165, 1.54) is 54.0 Å². The van der Waals surface area contributed by atoms with E-state index in [1.807, 2.05) is 44.1 Å². The van der Waals surface area contributed by atoms with Crippen molar-refractivity contribution in [1.29, 1.82) is 0 Å². The third kappa shape index (κ3) is 5.59. The van der Waals surface area contributed by atoms with Crippen molar-refractivity contribution in [1.82, 2.24) is 14.6 Å². The maximum Gasteiger partial charge on any atom is 0.135 e. The van der Waals surface area contributed by atoms with Crippen molar-refractivity contribution >= 4 is 23.3 Å². The minimum absolute atomic E-state index is 0.0846. The molecule has 0 saturated carbocycles. The van der Waals surface area contributed by atoms with E-state index < -0.39 is 0 Å². The molecule has 2 heterocycles. The fourth-order valence-corrected chi connectivity index (χ4v) is 6.89. The Bertz CT molecular complexity index is 1210. The van der Waals surface area contributed by atoms with Crippen LogP contribution in [0.5, 0.6) is 5.75 Å². The number of hydrogen-bond acceptors (Lipinski definition) is 6. The summed E-state index contributed by atoms with van der Waals surface area (Å²) in [4.78, 5) is 8.55. The number of likely N-dealkylation sites (tertiary alicyclic amines) is 1. The average molecular weight is 504 g/mol.